The lowest BCUT2D eigenvalue weighted by atomic mass is 10.2. The summed E-state index contributed by atoms with van der Waals surface area (Å²) in [6, 6.07) is 4.02. The Bertz CT molecular complexity index is 542. The van der Waals surface area contributed by atoms with Crippen molar-refractivity contribution >= 4 is 33.0 Å². The summed E-state index contributed by atoms with van der Waals surface area (Å²) in [7, 11) is -3.58. The van der Waals surface area contributed by atoms with Crippen LogP contribution in [0.25, 0.3) is 0 Å². The zero-order valence-corrected chi connectivity index (χ0v) is 10.8. The molecular weight excluding hydrogens is 264 g/mol. The number of carbonyl (C=O) groups is 1. The second-order valence-electron chi connectivity index (χ2n) is 3.77. The molecule has 1 rings (SSSR count). The van der Waals surface area contributed by atoms with Crippen LogP contribution in [0.4, 0.5) is 5.69 Å². The number of nitrogen functional groups attached to an aromatic ring is 1. The van der Waals surface area contributed by atoms with Gasteiger partial charge < -0.3 is 11.5 Å². The Morgan fingerprint density at radius 1 is 1.47 bits per heavy atom. The number of sulfone groups is 1. The molecule has 94 valence electrons. The highest BCUT2D eigenvalue weighted by Crippen LogP contribution is 2.23. The van der Waals surface area contributed by atoms with E-state index in [9.17, 15) is 13.2 Å². The van der Waals surface area contributed by atoms with E-state index in [1.807, 2.05) is 0 Å². The molecule has 0 spiro atoms. The molecule has 0 fully saturated rings. The van der Waals surface area contributed by atoms with Gasteiger partial charge in [0.05, 0.1) is 21.4 Å². The summed E-state index contributed by atoms with van der Waals surface area (Å²) < 4.78 is 23.8. The Hall–Kier alpha value is -1.27. The second kappa shape index (κ2) is 4.93. The van der Waals surface area contributed by atoms with E-state index in [2.05, 4.69) is 0 Å². The van der Waals surface area contributed by atoms with Gasteiger partial charge in [-0.1, -0.05) is 18.5 Å². The lowest BCUT2D eigenvalue weighted by Gasteiger charge is -2.09. The van der Waals surface area contributed by atoms with Gasteiger partial charge in [-0.05, 0) is 18.2 Å². The van der Waals surface area contributed by atoms with E-state index in [1.54, 1.807) is 0 Å². The summed E-state index contributed by atoms with van der Waals surface area (Å²) in [4.78, 5) is 10.9. The third-order valence-electron chi connectivity index (χ3n) is 2.29. The molecule has 0 aromatic heterocycles. The maximum Gasteiger partial charge on any atom is 0.221 e. The fourth-order valence-corrected chi connectivity index (χ4v) is 3.04. The molecule has 0 aliphatic carbocycles. The number of rotatable bonds is 4. The molecule has 0 bridgehead atoms. The van der Waals surface area contributed by atoms with Gasteiger partial charge >= 0.3 is 0 Å². The van der Waals surface area contributed by atoms with E-state index in [-0.39, 0.29) is 15.7 Å². The van der Waals surface area contributed by atoms with E-state index in [1.165, 1.54) is 25.1 Å². The molecule has 1 atom stereocenters. The molecule has 0 aliphatic heterocycles. The number of primary amides is 1. The molecule has 7 heteroatoms. The fraction of sp³-hybridized carbons (Fsp3) is 0.300. The van der Waals surface area contributed by atoms with Crippen molar-refractivity contribution in [1.29, 1.82) is 0 Å². The van der Waals surface area contributed by atoms with Crippen LogP contribution in [-0.2, 0) is 14.6 Å². The van der Waals surface area contributed by atoms with Crippen molar-refractivity contribution in [3.8, 4) is 0 Å². The lowest BCUT2D eigenvalue weighted by Crippen LogP contribution is -2.27. The topological polar surface area (TPSA) is 103 Å². The third kappa shape index (κ3) is 3.34. The van der Waals surface area contributed by atoms with Crippen LogP contribution in [0.3, 0.4) is 0 Å². The van der Waals surface area contributed by atoms with Gasteiger partial charge in [0.25, 0.3) is 0 Å². The summed E-state index contributed by atoms with van der Waals surface area (Å²) in [5.74, 6) is -1.76. The lowest BCUT2D eigenvalue weighted by molar-refractivity contribution is -0.120. The van der Waals surface area contributed by atoms with Crippen molar-refractivity contribution in [2.75, 3.05) is 11.5 Å². The summed E-state index contributed by atoms with van der Waals surface area (Å²) in [5, 5.41) is 0.165. The second-order valence-corrected chi connectivity index (χ2v) is 6.21. The highest BCUT2D eigenvalue weighted by atomic mass is 35.5. The van der Waals surface area contributed by atoms with Crippen LogP contribution in [0, 0.1) is 5.92 Å². The molecular formula is C10H13ClN2O3S. The van der Waals surface area contributed by atoms with Crippen molar-refractivity contribution < 1.29 is 13.2 Å². The normalized spacial score (nSPS) is 13.3. The number of anilines is 1. The number of benzene rings is 1. The first-order valence-corrected chi connectivity index (χ1v) is 6.84. The first kappa shape index (κ1) is 13.8. The molecule has 0 saturated carbocycles. The van der Waals surface area contributed by atoms with Crippen LogP contribution < -0.4 is 11.5 Å². The molecule has 1 unspecified atom stereocenters. The SMILES string of the molecule is CC(CS(=O)(=O)c1ccc(N)c(Cl)c1)C(N)=O. The van der Waals surface area contributed by atoms with Crippen molar-refractivity contribution in [3.63, 3.8) is 0 Å². The Kier molecular flexibility index (Phi) is 4.00. The molecule has 0 aliphatic rings. The molecule has 1 aromatic rings. The van der Waals surface area contributed by atoms with Crippen LogP contribution >= 0.6 is 11.6 Å². The highest BCUT2D eigenvalue weighted by Gasteiger charge is 2.22. The minimum atomic E-state index is -3.58. The molecule has 5 nitrogen and oxygen atoms in total. The van der Waals surface area contributed by atoms with Gasteiger partial charge in [0.2, 0.25) is 5.91 Å². The Morgan fingerprint density at radius 3 is 2.53 bits per heavy atom. The first-order chi connectivity index (χ1) is 7.74. The highest BCUT2D eigenvalue weighted by molar-refractivity contribution is 7.91. The number of halogens is 1. The molecule has 0 saturated heterocycles. The zero-order valence-electron chi connectivity index (χ0n) is 9.18. The third-order valence-corrected chi connectivity index (χ3v) is 4.52. The van der Waals surface area contributed by atoms with Crippen molar-refractivity contribution in [3.05, 3.63) is 23.2 Å². The first-order valence-electron chi connectivity index (χ1n) is 4.81. The molecule has 0 radical (unpaired) electrons. The van der Waals surface area contributed by atoms with E-state index in [0.29, 0.717) is 5.69 Å². The number of hydrogen-bond acceptors (Lipinski definition) is 4. The molecule has 4 N–H and O–H groups in total. The maximum atomic E-state index is 11.9. The number of nitrogens with two attached hydrogens (primary N) is 2. The average molecular weight is 277 g/mol. The van der Waals surface area contributed by atoms with Crippen LogP contribution in [-0.4, -0.2) is 20.1 Å². The fourth-order valence-electron chi connectivity index (χ4n) is 1.21. The molecule has 0 heterocycles. The Balaban J connectivity index is 3.05. The predicted molar refractivity (Wildman–Crippen MR) is 66.3 cm³/mol. The largest absolute Gasteiger partial charge is 0.398 e. The maximum absolute atomic E-state index is 11.9. The van der Waals surface area contributed by atoms with E-state index >= 15 is 0 Å². The average Bonchev–Trinajstić information content (AvgIpc) is 2.21. The number of carbonyl (C=O) groups excluding carboxylic acids is 1. The smallest absolute Gasteiger partial charge is 0.221 e. The van der Waals surface area contributed by atoms with Gasteiger partial charge in [-0.25, -0.2) is 8.42 Å². The van der Waals surface area contributed by atoms with E-state index in [4.69, 9.17) is 23.1 Å². The van der Waals surface area contributed by atoms with E-state index in [0.717, 1.165) is 0 Å². The van der Waals surface area contributed by atoms with Crippen LogP contribution in [0.5, 0.6) is 0 Å². The van der Waals surface area contributed by atoms with Crippen molar-refractivity contribution in [2.45, 2.75) is 11.8 Å². The molecule has 1 aromatic carbocycles. The summed E-state index contributed by atoms with van der Waals surface area (Å²) in [6.45, 7) is 1.46. The quantitative estimate of drug-likeness (QED) is 0.795. The van der Waals surface area contributed by atoms with Crippen molar-refractivity contribution in [2.24, 2.45) is 11.7 Å². The van der Waals surface area contributed by atoms with Gasteiger partial charge in [0, 0.05) is 5.92 Å². The molecule has 1 amide bonds. The van der Waals surface area contributed by atoms with Crippen LogP contribution in [0.2, 0.25) is 5.02 Å². The minimum Gasteiger partial charge on any atom is -0.398 e. The number of amides is 1. The predicted octanol–water partition coefficient (Wildman–Crippen LogP) is 0.817. The minimum absolute atomic E-state index is 0.0322. The van der Waals surface area contributed by atoms with Gasteiger partial charge in [0.15, 0.2) is 9.84 Å². The van der Waals surface area contributed by atoms with Gasteiger partial charge in [-0.3, -0.25) is 4.79 Å². The summed E-state index contributed by atoms with van der Waals surface area (Å²) >= 11 is 5.74. The summed E-state index contributed by atoms with van der Waals surface area (Å²) in [6.07, 6.45) is 0. The van der Waals surface area contributed by atoms with Gasteiger partial charge in [-0.2, -0.15) is 0 Å². The Morgan fingerprint density at radius 2 is 2.06 bits per heavy atom. The van der Waals surface area contributed by atoms with Gasteiger partial charge in [-0.15, -0.1) is 0 Å². The van der Waals surface area contributed by atoms with Crippen molar-refractivity contribution in [1.82, 2.24) is 0 Å². The standard InChI is InChI=1S/C10H13ClN2O3S/c1-6(10(13)14)5-17(15,16)7-2-3-9(12)8(11)4-7/h2-4,6H,5,12H2,1H3,(H2,13,14). The zero-order chi connectivity index (χ0) is 13.2. The monoisotopic (exact) mass is 276 g/mol. The summed E-state index contributed by atoms with van der Waals surface area (Å²) in [5.41, 5.74) is 10.8. The van der Waals surface area contributed by atoms with E-state index < -0.39 is 21.7 Å². The van der Waals surface area contributed by atoms with Crippen LogP contribution in [0.15, 0.2) is 23.1 Å². The Labute approximate surface area is 105 Å². The number of hydrogen-bond donors (Lipinski definition) is 2. The molecule has 17 heavy (non-hydrogen) atoms. The van der Waals surface area contributed by atoms with Crippen LogP contribution in [0.1, 0.15) is 6.92 Å². The van der Waals surface area contributed by atoms with Gasteiger partial charge in [0.1, 0.15) is 0 Å².